The molecule has 0 heterocycles. The van der Waals surface area contributed by atoms with Crippen molar-refractivity contribution < 1.29 is 28.6 Å². The molecule has 0 aromatic rings. The van der Waals surface area contributed by atoms with E-state index in [2.05, 4.69) is 81.5 Å². The maximum atomic E-state index is 12.8. The van der Waals surface area contributed by atoms with Gasteiger partial charge in [0.05, 0.1) is 0 Å². The molecule has 0 spiro atoms. The van der Waals surface area contributed by atoms with Gasteiger partial charge in [0.1, 0.15) is 13.2 Å². The molecule has 0 amide bonds. The van der Waals surface area contributed by atoms with E-state index in [0.717, 1.165) is 103 Å². The van der Waals surface area contributed by atoms with E-state index in [9.17, 15) is 14.4 Å². The fraction of sp³-hybridized carbons (Fsp3) is 0.780. The van der Waals surface area contributed by atoms with E-state index in [1.807, 2.05) is 0 Å². The van der Waals surface area contributed by atoms with E-state index in [-0.39, 0.29) is 31.1 Å². The average Bonchev–Trinajstić information content (AvgIpc) is 3.30. The van der Waals surface area contributed by atoms with Gasteiger partial charge in [-0.3, -0.25) is 14.4 Å². The van der Waals surface area contributed by atoms with Gasteiger partial charge in [-0.15, -0.1) is 0 Å². The molecule has 0 fully saturated rings. The molecule has 0 saturated carbocycles. The highest BCUT2D eigenvalue weighted by atomic mass is 16.6. The van der Waals surface area contributed by atoms with Crippen LogP contribution in [0, 0.1) is 0 Å². The summed E-state index contributed by atoms with van der Waals surface area (Å²) < 4.78 is 16.8. The molecule has 0 aliphatic heterocycles. The number of carbonyl (C=O) groups excluding carboxylic acids is 3. The van der Waals surface area contributed by atoms with Crippen molar-refractivity contribution in [2.45, 2.75) is 284 Å². The van der Waals surface area contributed by atoms with Crippen LogP contribution in [0.25, 0.3) is 0 Å². The van der Waals surface area contributed by atoms with Crippen LogP contribution in [0.4, 0.5) is 0 Å². The van der Waals surface area contributed by atoms with Crippen molar-refractivity contribution in [3.05, 3.63) is 60.8 Å². The fourth-order valence-electron chi connectivity index (χ4n) is 7.73. The number of unbranched alkanes of at least 4 members (excludes halogenated alkanes) is 29. The first-order valence-electron chi connectivity index (χ1n) is 27.8. The topological polar surface area (TPSA) is 78.9 Å². The Morgan fingerprint density at radius 1 is 0.308 bits per heavy atom. The average molecular weight is 909 g/mol. The lowest BCUT2D eigenvalue weighted by Gasteiger charge is -2.18. The summed E-state index contributed by atoms with van der Waals surface area (Å²) in [7, 11) is 0. The second-order valence-corrected chi connectivity index (χ2v) is 18.5. The van der Waals surface area contributed by atoms with Gasteiger partial charge in [0, 0.05) is 19.3 Å². The number of rotatable bonds is 50. The fourth-order valence-corrected chi connectivity index (χ4v) is 7.73. The molecule has 376 valence electrons. The van der Waals surface area contributed by atoms with E-state index < -0.39 is 6.10 Å². The van der Waals surface area contributed by atoms with Crippen LogP contribution in [0.3, 0.4) is 0 Å². The van der Waals surface area contributed by atoms with Crippen molar-refractivity contribution in [3.8, 4) is 0 Å². The Hall–Kier alpha value is -2.89. The molecule has 0 N–H and O–H groups in total. The molecule has 1 atom stereocenters. The normalized spacial score (nSPS) is 12.5. The third kappa shape index (κ3) is 51.9. The van der Waals surface area contributed by atoms with E-state index in [1.165, 1.54) is 135 Å². The lowest BCUT2D eigenvalue weighted by molar-refractivity contribution is -0.167. The molecule has 6 nitrogen and oxygen atoms in total. The Labute approximate surface area is 402 Å². The molecule has 0 saturated heterocycles. The molecule has 0 unspecified atom stereocenters. The lowest BCUT2D eigenvalue weighted by Crippen LogP contribution is -2.30. The number of hydrogen-bond acceptors (Lipinski definition) is 6. The monoisotopic (exact) mass is 909 g/mol. The van der Waals surface area contributed by atoms with Gasteiger partial charge in [-0.2, -0.15) is 0 Å². The van der Waals surface area contributed by atoms with Gasteiger partial charge >= 0.3 is 17.9 Å². The predicted molar refractivity (Wildman–Crippen MR) is 279 cm³/mol. The molecule has 65 heavy (non-hydrogen) atoms. The Balaban J connectivity index is 4.42. The second-order valence-electron chi connectivity index (χ2n) is 18.5. The van der Waals surface area contributed by atoms with Crippen molar-refractivity contribution in [1.29, 1.82) is 0 Å². The van der Waals surface area contributed by atoms with Crippen molar-refractivity contribution >= 4 is 17.9 Å². The van der Waals surface area contributed by atoms with Crippen molar-refractivity contribution in [1.82, 2.24) is 0 Å². The number of carbonyl (C=O) groups is 3. The summed E-state index contributed by atoms with van der Waals surface area (Å²) in [4.78, 5) is 38.1. The zero-order valence-electron chi connectivity index (χ0n) is 43.0. The quantitative estimate of drug-likeness (QED) is 0.0262. The molecule has 6 heteroatoms. The zero-order chi connectivity index (χ0) is 47.2. The Kier molecular flexibility index (Phi) is 51.3. The summed E-state index contributed by atoms with van der Waals surface area (Å²) in [5.41, 5.74) is 0. The minimum Gasteiger partial charge on any atom is -0.462 e. The van der Waals surface area contributed by atoms with Crippen LogP contribution in [0.2, 0.25) is 0 Å². The summed E-state index contributed by atoms with van der Waals surface area (Å²) in [5, 5.41) is 0. The van der Waals surface area contributed by atoms with Gasteiger partial charge in [-0.05, 0) is 109 Å². The molecule has 0 rings (SSSR count). The highest BCUT2D eigenvalue weighted by molar-refractivity contribution is 5.71. The first-order chi connectivity index (χ1) is 32.0. The van der Waals surface area contributed by atoms with Gasteiger partial charge in [-0.25, -0.2) is 0 Å². The van der Waals surface area contributed by atoms with Gasteiger partial charge in [0.25, 0.3) is 0 Å². The van der Waals surface area contributed by atoms with Crippen LogP contribution in [0.5, 0.6) is 0 Å². The summed E-state index contributed by atoms with van der Waals surface area (Å²) in [6.07, 6.45) is 66.3. The summed E-state index contributed by atoms with van der Waals surface area (Å²) in [6, 6.07) is 0. The molecular formula is C59H104O6. The minimum atomic E-state index is -0.789. The molecule has 0 aliphatic rings. The third-order valence-electron chi connectivity index (χ3n) is 12.0. The predicted octanol–water partition coefficient (Wildman–Crippen LogP) is 18.4. The SMILES string of the molecule is CCCCC/C=C/C/C=C/CCCCCCCC(=O)OC[C@H](COC(=O)CCCCCCCCC/C=C/CCCCCCCC)OC(=O)CCCCCCC/C=C/C/C=C/CCCCC. The maximum Gasteiger partial charge on any atom is 0.306 e. The van der Waals surface area contributed by atoms with Gasteiger partial charge in [0.15, 0.2) is 6.10 Å². The smallest absolute Gasteiger partial charge is 0.306 e. The Morgan fingerprint density at radius 3 is 0.892 bits per heavy atom. The largest absolute Gasteiger partial charge is 0.462 e. The van der Waals surface area contributed by atoms with E-state index in [4.69, 9.17) is 14.2 Å². The molecule has 0 aromatic carbocycles. The highest BCUT2D eigenvalue weighted by Crippen LogP contribution is 2.14. The standard InChI is InChI=1S/C59H104O6/c1-4-7-10-13-16-19-22-25-28-29-32-34-37-40-43-46-49-52-58(61)64-55-56(65-59(62)53-50-47-44-41-38-35-31-27-24-21-18-15-12-9-6-3)54-63-57(60)51-48-45-42-39-36-33-30-26-23-20-17-14-11-8-5-2/h17-18,20-21,25-28,30-31,56H,4-16,19,22-24,29,32-55H2,1-3H3/b20-17+,21-18+,28-25+,30-26+,31-27+/t56-/m1/s1. The van der Waals surface area contributed by atoms with Crippen molar-refractivity contribution in [3.63, 3.8) is 0 Å². The lowest BCUT2D eigenvalue weighted by atomic mass is 10.1. The first kappa shape index (κ1) is 62.1. The van der Waals surface area contributed by atoms with Crippen molar-refractivity contribution in [2.24, 2.45) is 0 Å². The Bertz CT molecular complexity index is 1180. The molecular weight excluding hydrogens is 805 g/mol. The van der Waals surface area contributed by atoms with E-state index in [1.54, 1.807) is 0 Å². The van der Waals surface area contributed by atoms with Crippen LogP contribution >= 0.6 is 0 Å². The summed E-state index contributed by atoms with van der Waals surface area (Å²) in [5.74, 6) is -0.911. The maximum absolute atomic E-state index is 12.8. The second kappa shape index (κ2) is 53.7. The van der Waals surface area contributed by atoms with Gasteiger partial charge in [-0.1, -0.05) is 210 Å². The molecule has 0 radical (unpaired) electrons. The number of ether oxygens (including phenoxy) is 3. The third-order valence-corrected chi connectivity index (χ3v) is 12.0. The van der Waals surface area contributed by atoms with Crippen LogP contribution in [0.1, 0.15) is 278 Å². The van der Waals surface area contributed by atoms with Crippen LogP contribution in [0.15, 0.2) is 60.8 Å². The zero-order valence-corrected chi connectivity index (χ0v) is 43.0. The minimum absolute atomic E-state index is 0.0862. The molecule has 0 aliphatic carbocycles. The molecule has 0 aromatic heterocycles. The van der Waals surface area contributed by atoms with Gasteiger partial charge in [0.2, 0.25) is 0 Å². The molecule has 0 bridgehead atoms. The van der Waals surface area contributed by atoms with Gasteiger partial charge < -0.3 is 14.2 Å². The number of hydrogen-bond donors (Lipinski definition) is 0. The van der Waals surface area contributed by atoms with Crippen LogP contribution < -0.4 is 0 Å². The van der Waals surface area contributed by atoms with E-state index >= 15 is 0 Å². The summed E-state index contributed by atoms with van der Waals surface area (Å²) in [6.45, 7) is 6.57. The van der Waals surface area contributed by atoms with Crippen LogP contribution in [-0.4, -0.2) is 37.2 Å². The number of allylic oxidation sites excluding steroid dienone is 10. The van der Waals surface area contributed by atoms with E-state index in [0.29, 0.717) is 19.3 Å². The van der Waals surface area contributed by atoms with Crippen molar-refractivity contribution in [2.75, 3.05) is 13.2 Å². The Morgan fingerprint density at radius 2 is 0.554 bits per heavy atom. The number of esters is 3. The first-order valence-corrected chi connectivity index (χ1v) is 27.8. The highest BCUT2D eigenvalue weighted by Gasteiger charge is 2.19. The van der Waals surface area contributed by atoms with Crippen LogP contribution in [-0.2, 0) is 28.6 Å². The summed E-state index contributed by atoms with van der Waals surface area (Å²) >= 11 is 0.